The Morgan fingerprint density at radius 2 is 1.82 bits per heavy atom. The Balaban J connectivity index is 1.90. The summed E-state index contributed by atoms with van der Waals surface area (Å²) in [6.45, 7) is 1.89. The van der Waals surface area contributed by atoms with Gasteiger partial charge >= 0.3 is 6.03 Å². The number of anilines is 3. The van der Waals surface area contributed by atoms with Gasteiger partial charge in [-0.05, 0) is 55.5 Å². The summed E-state index contributed by atoms with van der Waals surface area (Å²) in [5.41, 5.74) is 3.20. The standard InChI is InChI=1S/C20H18Cl2N3O2P/c1-12-4-9-19(27-12)28-18-8-6-13(24(2)3)11-17(18)23-20(26)25(28)14-5-7-15(21)16(22)10-14/h4-11H,1-3H3,(H,23,26). The molecule has 4 rings (SSSR count). The fourth-order valence-electron chi connectivity index (χ4n) is 3.06. The number of urea groups is 1. The number of rotatable bonds is 3. The molecule has 0 aliphatic carbocycles. The van der Waals surface area contributed by atoms with Crippen LogP contribution in [-0.2, 0) is 0 Å². The van der Waals surface area contributed by atoms with Crippen molar-refractivity contribution in [3.63, 3.8) is 0 Å². The number of nitrogens with one attached hydrogen (secondary N) is 1. The van der Waals surface area contributed by atoms with Crippen LogP contribution in [0.3, 0.4) is 0 Å². The van der Waals surface area contributed by atoms with Crippen LogP contribution in [0.25, 0.3) is 0 Å². The number of amides is 2. The van der Waals surface area contributed by atoms with Crippen LogP contribution < -0.4 is 25.7 Å². The van der Waals surface area contributed by atoms with E-state index in [0.717, 1.165) is 27.9 Å². The molecule has 144 valence electrons. The smallest absolute Gasteiger partial charge is 0.330 e. The zero-order valence-corrected chi connectivity index (χ0v) is 17.9. The van der Waals surface area contributed by atoms with E-state index >= 15 is 0 Å². The Kier molecular flexibility index (Phi) is 5.00. The number of furan rings is 1. The monoisotopic (exact) mass is 433 g/mol. The predicted octanol–water partition coefficient (Wildman–Crippen LogP) is 5.36. The van der Waals surface area contributed by atoms with E-state index in [0.29, 0.717) is 15.7 Å². The molecular formula is C20H18Cl2N3O2P. The maximum absolute atomic E-state index is 13.1. The van der Waals surface area contributed by atoms with Gasteiger partial charge in [-0.15, -0.1) is 0 Å². The van der Waals surface area contributed by atoms with Gasteiger partial charge in [0.15, 0.2) is 5.50 Å². The predicted molar refractivity (Wildman–Crippen MR) is 118 cm³/mol. The molecule has 0 spiro atoms. The highest BCUT2D eigenvalue weighted by Crippen LogP contribution is 2.48. The van der Waals surface area contributed by atoms with E-state index in [-0.39, 0.29) is 6.03 Å². The van der Waals surface area contributed by atoms with Crippen LogP contribution in [0.15, 0.2) is 52.9 Å². The summed E-state index contributed by atoms with van der Waals surface area (Å²) in [5, 5.41) is 4.84. The third kappa shape index (κ3) is 3.35. The van der Waals surface area contributed by atoms with Gasteiger partial charge in [0.2, 0.25) is 0 Å². The van der Waals surface area contributed by atoms with Crippen molar-refractivity contribution in [1.29, 1.82) is 0 Å². The number of benzene rings is 2. The van der Waals surface area contributed by atoms with Crippen molar-refractivity contribution in [3.8, 4) is 0 Å². The Morgan fingerprint density at radius 3 is 2.46 bits per heavy atom. The third-order valence-electron chi connectivity index (χ3n) is 4.44. The number of hydrogen-bond acceptors (Lipinski definition) is 3. The molecule has 28 heavy (non-hydrogen) atoms. The highest BCUT2D eigenvalue weighted by molar-refractivity contribution is 7.75. The van der Waals surface area contributed by atoms with Crippen molar-refractivity contribution in [2.75, 3.05) is 29.0 Å². The van der Waals surface area contributed by atoms with Gasteiger partial charge in [0.1, 0.15) is 13.8 Å². The largest absolute Gasteiger partial charge is 0.460 e. The molecule has 1 aromatic heterocycles. The highest BCUT2D eigenvalue weighted by atomic mass is 35.5. The molecule has 1 atom stereocenters. The normalized spacial score (nSPS) is 16.0. The molecule has 0 fully saturated rings. The fourth-order valence-corrected chi connectivity index (χ4v) is 5.60. The van der Waals surface area contributed by atoms with Crippen molar-refractivity contribution in [2.24, 2.45) is 0 Å². The van der Waals surface area contributed by atoms with Gasteiger partial charge in [0, 0.05) is 25.1 Å². The van der Waals surface area contributed by atoms with Gasteiger partial charge in [-0.1, -0.05) is 23.2 Å². The second-order valence-electron chi connectivity index (χ2n) is 6.63. The lowest BCUT2D eigenvalue weighted by Gasteiger charge is -2.36. The molecule has 0 bridgehead atoms. The molecule has 3 aromatic rings. The van der Waals surface area contributed by atoms with Gasteiger partial charge in [0.05, 0.1) is 21.4 Å². The van der Waals surface area contributed by atoms with Gasteiger partial charge < -0.3 is 14.6 Å². The number of aryl methyl sites for hydroxylation is 1. The van der Waals surface area contributed by atoms with E-state index in [2.05, 4.69) is 5.32 Å². The minimum atomic E-state index is -1.26. The van der Waals surface area contributed by atoms with Crippen LogP contribution in [-0.4, -0.2) is 20.1 Å². The van der Waals surface area contributed by atoms with E-state index in [1.807, 2.05) is 56.3 Å². The van der Waals surface area contributed by atoms with Crippen LogP contribution in [0.5, 0.6) is 0 Å². The summed E-state index contributed by atoms with van der Waals surface area (Å²) in [6, 6.07) is 14.8. The van der Waals surface area contributed by atoms with E-state index in [1.165, 1.54) is 0 Å². The Morgan fingerprint density at radius 1 is 1.04 bits per heavy atom. The van der Waals surface area contributed by atoms with Crippen molar-refractivity contribution in [3.05, 3.63) is 64.3 Å². The minimum absolute atomic E-state index is 0.234. The van der Waals surface area contributed by atoms with Gasteiger partial charge in [0.25, 0.3) is 0 Å². The molecular weight excluding hydrogens is 416 g/mol. The van der Waals surface area contributed by atoms with Gasteiger partial charge in [-0.2, -0.15) is 0 Å². The zero-order chi connectivity index (χ0) is 20.0. The summed E-state index contributed by atoms with van der Waals surface area (Å²) in [6.07, 6.45) is 0. The van der Waals surface area contributed by atoms with E-state index in [4.69, 9.17) is 27.6 Å². The molecule has 1 aliphatic heterocycles. The van der Waals surface area contributed by atoms with E-state index in [1.54, 1.807) is 22.9 Å². The van der Waals surface area contributed by atoms with E-state index in [9.17, 15) is 4.79 Å². The Labute approximate surface area is 174 Å². The maximum Gasteiger partial charge on any atom is 0.330 e. The lowest BCUT2D eigenvalue weighted by Crippen LogP contribution is -2.42. The molecule has 2 aromatic carbocycles. The summed E-state index contributed by atoms with van der Waals surface area (Å²) in [4.78, 5) is 15.1. The number of hydrogen-bond donors (Lipinski definition) is 1. The molecule has 8 heteroatoms. The average molecular weight is 434 g/mol. The summed E-state index contributed by atoms with van der Waals surface area (Å²) in [5.74, 6) is 0.795. The second-order valence-corrected chi connectivity index (χ2v) is 9.39. The Bertz CT molecular complexity index is 1070. The molecule has 2 amide bonds. The first-order valence-electron chi connectivity index (χ1n) is 8.59. The SMILES string of the molecule is Cc1ccc(P2c3ccc(N(C)C)cc3NC(=O)N2c2ccc(Cl)c(Cl)c2)o1. The highest BCUT2D eigenvalue weighted by Gasteiger charge is 2.37. The lowest BCUT2D eigenvalue weighted by atomic mass is 10.2. The molecule has 5 nitrogen and oxygen atoms in total. The van der Waals surface area contributed by atoms with E-state index < -0.39 is 8.07 Å². The first-order chi connectivity index (χ1) is 13.3. The number of fused-ring (bicyclic) bond motifs is 1. The molecule has 0 radical (unpaired) electrons. The van der Waals surface area contributed by atoms with Crippen LogP contribution in [0, 0.1) is 6.92 Å². The number of carbonyl (C=O) groups excluding carboxylic acids is 1. The quantitative estimate of drug-likeness (QED) is 0.565. The molecule has 1 unspecified atom stereocenters. The number of nitrogens with zero attached hydrogens (tertiary/aromatic N) is 2. The third-order valence-corrected chi connectivity index (χ3v) is 7.50. The fraction of sp³-hybridized carbons (Fsp3) is 0.150. The first-order valence-corrected chi connectivity index (χ1v) is 10.6. The molecule has 0 saturated carbocycles. The second kappa shape index (κ2) is 7.32. The lowest BCUT2D eigenvalue weighted by molar-refractivity contribution is 0.260. The maximum atomic E-state index is 13.1. The molecule has 1 aliphatic rings. The topological polar surface area (TPSA) is 48.7 Å². The van der Waals surface area contributed by atoms with Crippen molar-refractivity contribution in [1.82, 2.24) is 0 Å². The van der Waals surface area contributed by atoms with Crippen LogP contribution in [0.2, 0.25) is 10.0 Å². The van der Waals surface area contributed by atoms with Crippen molar-refractivity contribution >= 4 is 65.2 Å². The van der Waals surface area contributed by atoms with Crippen molar-refractivity contribution in [2.45, 2.75) is 6.92 Å². The number of halogens is 2. The van der Waals surface area contributed by atoms with Crippen LogP contribution >= 0.6 is 31.3 Å². The minimum Gasteiger partial charge on any atom is -0.460 e. The Hall–Kier alpha value is -2.20. The zero-order valence-electron chi connectivity index (χ0n) is 15.5. The number of carbonyl (C=O) groups is 1. The summed E-state index contributed by atoms with van der Waals surface area (Å²) >= 11 is 12.3. The molecule has 1 N–H and O–H groups in total. The molecule has 0 saturated heterocycles. The van der Waals surface area contributed by atoms with Crippen molar-refractivity contribution < 1.29 is 9.21 Å². The summed E-state index contributed by atoms with van der Waals surface area (Å²) in [7, 11) is 2.67. The van der Waals surface area contributed by atoms with Crippen LogP contribution in [0.4, 0.5) is 21.9 Å². The van der Waals surface area contributed by atoms with Gasteiger partial charge in [-0.25, -0.2) is 4.79 Å². The first kappa shape index (κ1) is 19.1. The molecule has 2 heterocycles. The average Bonchev–Trinajstić information content (AvgIpc) is 3.08. The van der Waals surface area contributed by atoms with Crippen LogP contribution in [0.1, 0.15) is 5.76 Å². The van der Waals surface area contributed by atoms with Gasteiger partial charge in [-0.3, -0.25) is 4.67 Å². The summed E-state index contributed by atoms with van der Waals surface area (Å²) < 4.78 is 7.65.